The third kappa shape index (κ3) is 4.84. The van der Waals surface area contributed by atoms with Gasteiger partial charge in [0.05, 0.1) is 19.9 Å². The maximum absolute atomic E-state index is 12.5. The number of benzene rings is 2. The molecule has 0 unspecified atom stereocenters. The Morgan fingerprint density at radius 1 is 1.00 bits per heavy atom. The van der Waals surface area contributed by atoms with Gasteiger partial charge in [-0.1, -0.05) is 18.2 Å². The molecule has 1 aliphatic rings. The van der Waals surface area contributed by atoms with E-state index in [0.29, 0.717) is 18.7 Å². The normalized spacial score (nSPS) is 14.0. The number of carbonyl (C=O) groups excluding carboxylic acids is 1. The maximum atomic E-state index is 12.5. The molecule has 1 aliphatic heterocycles. The van der Waals surface area contributed by atoms with Crippen molar-refractivity contribution in [3.05, 3.63) is 48.5 Å². The number of amides is 1. The lowest BCUT2D eigenvalue weighted by Crippen LogP contribution is -2.49. The molecule has 0 atom stereocenters. The van der Waals surface area contributed by atoms with Crippen LogP contribution in [-0.4, -0.2) is 57.8 Å². The molecule has 0 saturated carbocycles. The van der Waals surface area contributed by atoms with Gasteiger partial charge in [-0.25, -0.2) is 0 Å². The third-order valence-electron chi connectivity index (χ3n) is 4.82. The van der Waals surface area contributed by atoms with Crippen molar-refractivity contribution >= 4 is 17.3 Å². The van der Waals surface area contributed by atoms with Gasteiger partial charge in [0.2, 0.25) is 5.91 Å². The summed E-state index contributed by atoms with van der Waals surface area (Å²) in [5.74, 6) is 1.63. The van der Waals surface area contributed by atoms with Gasteiger partial charge in [0.25, 0.3) is 0 Å². The Balaban J connectivity index is 1.45. The molecular weight excluding hydrogens is 342 g/mol. The quantitative estimate of drug-likeness (QED) is 0.813. The minimum absolute atomic E-state index is 0.183. The number of anilines is 2. The van der Waals surface area contributed by atoms with Gasteiger partial charge in [-0.2, -0.15) is 0 Å². The lowest BCUT2D eigenvalue weighted by molar-refractivity contribution is -0.131. The predicted molar refractivity (Wildman–Crippen MR) is 108 cm³/mol. The summed E-state index contributed by atoms with van der Waals surface area (Å²) in [5.41, 5.74) is 2.08. The van der Waals surface area contributed by atoms with Crippen LogP contribution >= 0.6 is 0 Å². The molecule has 1 saturated heterocycles. The number of nitrogens with zero attached hydrogens (tertiary/aromatic N) is 2. The number of methoxy groups -OCH3 is 2. The molecule has 2 aromatic carbocycles. The molecule has 27 heavy (non-hydrogen) atoms. The lowest BCUT2D eigenvalue weighted by atomic mass is 10.2. The Labute approximate surface area is 160 Å². The number of hydrogen-bond acceptors (Lipinski definition) is 5. The molecule has 0 spiro atoms. The van der Waals surface area contributed by atoms with Gasteiger partial charge in [-0.05, 0) is 24.3 Å². The minimum Gasteiger partial charge on any atom is -0.497 e. The molecule has 6 nitrogen and oxygen atoms in total. The van der Waals surface area contributed by atoms with Crippen molar-refractivity contribution < 1.29 is 14.3 Å². The van der Waals surface area contributed by atoms with Crippen molar-refractivity contribution in [3.8, 4) is 11.5 Å². The third-order valence-corrected chi connectivity index (χ3v) is 4.82. The first-order chi connectivity index (χ1) is 13.2. The Kier molecular flexibility index (Phi) is 6.41. The van der Waals surface area contributed by atoms with E-state index < -0.39 is 0 Å². The molecule has 1 amide bonds. The second-order valence-corrected chi connectivity index (χ2v) is 6.45. The van der Waals surface area contributed by atoms with Gasteiger partial charge in [0.15, 0.2) is 0 Å². The van der Waals surface area contributed by atoms with E-state index in [9.17, 15) is 4.79 Å². The van der Waals surface area contributed by atoms with E-state index in [0.717, 1.165) is 37.6 Å². The van der Waals surface area contributed by atoms with Crippen LogP contribution in [0.2, 0.25) is 0 Å². The molecule has 2 aromatic rings. The highest BCUT2D eigenvalue weighted by Gasteiger charge is 2.20. The van der Waals surface area contributed by atoms with Gasteiger partial charge in [-0.3, -0.25) is 4.79 Å². The summed E-state index contributed by atoms with van der Waals surface area (Å²) < 4.78 is 10.6. The van der Waals surface area contributed by atoms with E-state index >= 15 is 0 Å². The zero-order valence-corrected chi connectivity index (χ0v) is 16.0. The molecule has 1 N–H and O–H groups in total. The van der Waals surface area contributed by atoms with Crippen molar-refractivity contribution in [1.29, 1.82) is 0 Å². The molecule has 3 rings (SSSR count). The number of nitrogens with one attached hydrogen (secondary N) is 1. The van der Waals surface area contributed by atoms with Gasteiger partial charge in [0.1, 0.15) is 11.5 Å². The van der Waals surface area contributed by atoms with Gasteiger partial charge in [0, 0.05) is 50.9 Å². The molecule has 144 valence electrons. The van der Waals surface area contributed by atoms with Crippen LogP contribution in [-0.2, 0) is 4.79 Å². The highest BCUT2D eigenvalue weighted by atomic mass is 16.5. The largest absolute Gasteiger partial charge is 0.497 e. The fraction of sp³-hybridized carbons (Fsp3) is 0.381. The smallest absolute Gasteiger partial charge is 0.224 e. The number of para-hydroxylation sites is 1. The van der Waals surface area contributed by atoms with Crippen LogP contribution in [0.3, 0.4) is 0 Å². The molecule has 0 aromatic heterocycles. The van der Waals surface area contributed by atoms with Crippen LogP contribution in [0.1, 0.15) is 6.42 Å². The van der Waals surface area contributed by atoms with Gasteiger partial charge in [-0.15, -0.1) is 0 Å². The second-order valence-electron chi connectivity index (χ2n) is 6.45. The summed E-state index contributed by atoms with van der Waals surface area (Å²) in [6.45, 7) is 3.84. The highest BCUT2D eigenvalue weighted by Crippen LogP contribution is 2.28. The average Bonchev–Trinajstić information content (AvgIpc) is 2.74. The zero-order chi connectivity index (χ0) is 19.1. The van der Waals surface area contributed by atoms with Crippen LogP contribution in [0, 0.1) is 0 Å². The summed E-state index contributed by atoms with van der Waals surface area (Å²) in [6, 6.07) is 15.9. The molecule has 1 heterocycles. The number of carbonyl (C=O) groups is 1. The summed E-state index contributed by atoms with van der Waals surface area (Å²) in [5, 5.41) is 3.28. The van der Waals surface area contributed by atoms with Crippen LogP contribution in [0.15, 0.2) is 48.5 Å². The number of piperazine rings is 1. The number of ether oxygens (including phenoxy) is 2. The first kappa shape index (κ1) is 18.9. The van der Waals surface area contributed by atoms with Crippen molar-refractivity contribution in [1.82, 2.24) is 4.90 Å². The first-order valence-corrected chi connectivity index (χ1v) is 9.25. The van der Waals surface area contributed by atoms with E-state index in [1.54, 1.807) is 14.2 Å². The summed E-state index contributed by atoms with van der Waals surface area (Å²) in [7, 11) is 3.25. The van der Waals surface area contributed by atoms with Crippen LogP contribution in [0.25, 0.3) is 0 Å². The van der Waals surface area contributed by atoms with Crippen molar-refractivity contribution in [3.63, 3.8) is 0 Å². The van der Waals surface area contributed by atoms with Crippen molar-refractivity contribution in [2.45, 2.75) is 6.42 Å². The standard InChI is InChI=1S/C21H27N3O3/c1-26-18-8-9-19(20(16-18)27-2)22-11-10-21(25)24-14-12-23(13-15-24)17-6-4-3-5-7-17/h3-9,16,22H,10-15H2,1-2H3. The summed E-state index contributed by atoms with van der Waals surface area (Å²) in [4.78, 5) is 16.8. The number of rotatable bonds is 7. The van der Waals surface area contributed by atoms with Crippen LogP contribution in [0.4, 0.5) is 11.4 Å². The van der Waals surface area contributed by atoms with E-state index in [1.165, 1.54) is 5.69 Å². The zero-order valence-electron chi connectivity index (χ0n) is 16.0. The Bertz CT molecular complexity index is 744. The van der Waals surface area contributed by atoms with Gasteiger partial charge >= 0.3 is 0 Å². The fourth-order valence-electron chi connectivity index (χ4n) is 3.26. The minimum atomic E-state index is 0.183. The van der Waals surface area contributed by atoms with Crippen LogP contribution in [0.5, 0.6) is 11.5 Å². The van der Waals surface area contributed by atoms with E-state index in [-0.39, 0.29) is 5.91 Å². The van der Waals surface area contributed by atoms with Gasteiger partial charge < -0.3 is 24.6 Å². The van der Waals surface area contributed by atoms with Crippen molar-refractivity contribution in [2.75, 3.05) is 57.2 Å². The Hall–Kier alpha value is -2.89. The Morgan fingerprint density at radius 3 is 2.41 bits per heavy atom. The second kappa shape index (κ2) is 9.16. The highest BCUT2D eigenvalue weighted by molar-refractivity contribution is 5.77. The SMILES string of the molecule is COc1ccc(NCCC(=O)N2CCN(c3ccccc3)CC2)c(OC)c1. The van der Waals surface area contributed by atoms with E-state index in [4.69, 9.17) is 9.47 Å². The summed E-state index contributed by atoms with van der Waals surface area (Å²) in [6.07, 6.45) is 0.459. The first-order valence-electron chi connectivity index (χ1n) is 9.25. The lowest BCUT2D eigenvalue weighted by Gasteiger charge is -2.36. The van der Waals surface area contributed by atoms with E-state index in [2.05, 4.69) is 22.3 Å². The molecular formula is C21H27N3O3. The molecule has 6 heteroatoms. The maximum Gasteiger partial charge on any atom is 0.224 e. The topological polar surface area (TPSA) is 54.0 Å². The fourth-order valence-corrected chi connectivity index (χ4v) is 3.26. The number of hydrogen-bond donors (Lipinski definition) is 1. The Morgan fingerprint density at radius 2 is 1.74 bits per heavy atom. The molecule has 0 bridgehead atoms. The van der Waals surface area contributed by atoms with E-state index in [1.807, 2.05) is 41.3 Å². The molecule has 1 fully saturated rings. The average molecular weight is 369 g/mol. The predicted octanol–water partition coefficient (Wildman–Crippen LogP) is 2.85. The monoisotopic (exact) mass is 369 g/mol. The summed E-state index contributed by atoms with van der Waals surface area (Å²) >= 11 is 0. The molecule has 0 radical (unpaired) electrons. The van der Waals surface area contributed by atoms with Crippen molar-refractivity contribution in [2.24, 2.45) is 0 Å². The molecule has 0 aliphatic carbocycles. The van der Waals surface area contributed by atoms with Crippen LogP contribution < -0.4 is 19.7 Å².